The van der Waals surface area contributed by atoms with Crippen LogP contribution in [0.5, 0.6) is 0 Å². The maximum atomic E-state index is 12.7. The smallest absolute Gasteiger partial charge is 0.342 e. The second-order valence-corrected chi connectivity index (χ2v) is 10.4. The summed E-state index contributed by atoms with van der Waals surface area (Å²) >= 11 is 0. The molecule has 4 fully saturated rings. The largest absolute Gasteiger partial charge is 0.459 e. The maximum Gasteiger partial charge on any atom is 0.342 e. The molecule has 0 unspecified atom stereocenters. The summed E-state index contributed by atoms with van der Waals surface area (Å²) in [6.07, 6.45) is -3.69. The van der Waals surface area contributed by atoms with E-state index in [1.165, 1.54) is 6.92 Å². The number of carbonyl (C=O) groups excluding carboxylic acids is 2. The number of aliphatic hydroxyl groups excluding tert-OH is 3. The Morgan fingerprint density at radius 1 is 1.23 bits per heavy atom. The highest BCUT2D eigenvalue weighted by Gasteiger charge is 2.89. The Balaban J connectivity index is 1.75. The molecule has 3 aliphatic heterocycles. The first-order valence-electron chi connectivity index (χ1n) is 10.8. The third-order valence-corrected chi connectivity index (χ3v) is 8.53. The van der Waals surface area contributed by atoms with Crippen molar-refractivity contribution in [3.63, 3.8) is 0 Å². The molecule has 3 saturated heterocycles. The van der Waals surface area contributed by atoms with Gasteiger partial charge in [0.2, 0.25) is 0 Å². The van der Waals surface area contributed by atoms with Gasteiger partial charge in [-0.1, -0.05) is 12.5 Å². The zero-order valence-electron chi connectivity index (χ0n) is 18.3. The van der Waals surface area contributed by atoms with Gasteiger partial charge < -0.3 is 34.3 Å². The van der Waals surface area contributed by atoms with Gasteiger partial charge in [0.15, 0.2) is 17.3 Å². The predicted molar refractivity (Wildman–Crippen MR) is 104 cm³/mol. The van der Waals surface area contributed by atoms with E-state index in [0.717, 1.165) is 0 Å². The molecule has 9 heteroatoms. The molecule has 1 saturated carbocycles. The molecule has 31 heavy (non-hydrogen) atoms. The molecule has 0 radical (unpaired) electrons. The number of ether oxygens (including phenoxy) is 4. The minimum atomic E-state index is -1.34. The minimum Gasteiger partial charge on any atom is -0.459 e. The molecule has 3 N–H and O–H groups in total. The van der Waals surface area contributed by atoms with Gasteiger partial charge in [0.05, 0.1) is 30.0 Å². The van der Waals surface area contributed by atoms with Crippen LogP contribution in [-0.2, 0) is 28.5 Å². The number of hydrogen-bond acceptors (Lipinski definition) is 9. The van der Waals surface area contributed by atoms with Crippen LogP contribution in [0, 0.1) is 11.3 Å². The van der Waals surface area contributed by atoms with E-state index in [-0.39, 0.29) is 18.9 Å². The van der Waals surface area contributed by atoms with Gasteiger partial charge in [-0.3, -0.25) is 4.79 Å². The highest BCUT2D eigenvalue weighted by atomic mass is 16.7. The first-order chi connectivity index (χ1) is 14.3. The highest BCUT2D eigenvalue weighted by molar-refractivity contribution is 5.89. The van der Waals surface area contributed by atoms with E-state index < -0.39 is 70.6 Å². The fraction of sp³-hybridized carbons (Fsp3) is 0.818. The molecular formula is C22H30O9. The van der Waals surface area contributed by atoms with E-state index >= 15 is 0 Å². The number of rotatable bonds is 1. The van der Waals surface area contributed by atoms with Crippen molar-refractivity contribution in [1.82, 2.24) is 0 Å². The Morgan fingerprint density at radius 2 is 1.90 bits per heavy atom. The predicted octanol–water partition coefficient (Wildman–Crippen LogP) is -0.0124. The lowest BCUT2D eigenvalue weighted by atomic mass is 9.53. The van der Waals surface area contributed by atoms with Gasteiger partial charge in [0, 0.05) is 24.7 Å². The molecule has 172 valence electrons. The molecule has 11 atom stereocenters. The monoisotopic (exact) mass is 438 g/mol. The van der Waals surface area contributed by atoms with Crippen molar-refractivity contribution >= 4 is 11.9 Å². The second kappa shape index (κ2) is 6.08. The summed E-state index contributed by atoms with van der Waals surface area (Å²) in [4.78, 5) is 25.0. The molecule has 5 aliphatic rings. The van der Waals surface area contributed by atoms with Crippen molar-refractivity contribution in [1.29, 1.82) is 0 Å². The van der Waals surface area contributed by atoms with Crippen molar-refractivity contribution < 1.29 is 43.9 Å². The third-order valence-electron chi connectivity index (χ3n) is 8.53. The van der Waals surface area contributed by atoms with Crippen molar-refractivity contribution in [2.24, 2.45) is 11.3 Å². The number of fused-ring (bicyclic) bond motifs is 3. The fourth-order valence-corrected chi connectivity index (χ4v) is 6.69. The number of aliphatic hydroxyl groups is 3. The Labute approximate surface area is 180 Å². The Kier molecular flexibility index (Phi) is 4.18. The van der Waals surface area contributed by atoms with Crippen molar-refractivity contribution in [2.45, 2.75) is 101 Å². The quantitative estimate of drug-likeness (QED) is 0.293. The lowest BCUT2D eigenvalue weighted by Crippen LogP contribution is -2.67. The third kappa shape index (κ3) is 2.44. The van der Waals surface area contributed by atoms with Crippen LogP contribution in [-0.4, -0.2) is 80.7 Å². The lowest BCUT2D eigenvalue weighted by molar-refractivity contribution is -0.207. The van der Waals surface area contributed by atoms with Crippen LogP contribution in [0.25, 0.3) is 0 Å². The molecule has 2 aliphatic carbocycles. The zero-order valence-corrected chi connectivity index (χ0v) is 18.3. The van der Waals surface area contributed by atoms with E-state index in [0.29, 0.717) is 5.57 Å². The number of epoxide rings is 2. The van der Waals surface area contributed by atoms with Gasteiger partial charge in [0.1, 0.15) is 6.10 Å². The normalized spacial score (nSPS) is 57.4. The molecule has 0 aromatic rings. The van der Waals surface area contributed by atoms with E-state index in [4.69, 9.17) is 18.9 Å². The SMILES string of the molecule is CC(=O)O[C@H]1[C@H]2[C@]3(C)O[C@@H]3C[C@H](O)[C@]2(C)[C@@H](O)[C@H](O)CC(C)=C[C@@H]2OC(=O)[C@]3(C)O[C@@]213. The molecular weight excluding hydrogens is 408 g/mol. The second-order valence-electron chi connectivity index (χ2n) is 10.4. The fourth-order valence-electron chi connectivity index (χ4n) is 6.69. The molecule has 5 rings (SSSR count). The van der Waals surface area contributed by atoms with Gasteiger partial charge in [-0.25, -0.2) is 4.79 Å². The van der Waals surface area contributed by atoms with E-state index in [1.807, 2.05) is 6.92 Å². The first kappa shape index (κ1) is 21.3. The molecule has 0 aromatic heterocycles. The Bertz CT molecular complexity index is 886. The number of esters is 2. The highest BCUT2D eigenvalue weighted by Crippen LogP contribution is 2.69. The average molecular weight is 438 g/mol. The first-order valence-corrected chi connectivity index (χ1v) is 10.8. The molecule has 1 spiro atoms. The lowest BCUT2D eigenvalue weighted by Gasteiger charge is -2.53. The summed E-state index contributed by atoms with van der Waals surface area (Å²) in [5.74, 6) is -1.92. The summed E-state index contributed by atoms with van der Waals surface area (Å²) in [6, 6.07) is 0. The van der Waals surface area contributed by atoms with Crippen LogP contribution in [0.2, 0.25) is 0 Å². The van der Waals surface area contributed by atoms with Crippen LogP contribution in [0.1, 0.15) is 47.5 Å². The van der Waals surface area contributed by atoms with E-state index in [9.17, 15) is 24.9 Å². The molecule has 9 nitrogen and oxygen atoms in total. The van der Waals surface area contributed by atoms with Crippen LogP contribution >= 0.6 is 0 Å². The van der Waals surface area contributed by atoms with Crippen molar-refractivity contribution in [3.05, 3.63) is 11.6 Å². The number of carbonyl (C=O) groups is 2. The van der Waals surface area contributed by atoms with Crippen LogP contribution in [0.4, 0.5) is 0 Å². The Morgan fingerprint density at radius 3 is 2.52 bits per heavy atom. The average Bonchev–Trinajstić information content (AvgIpc) is 3.49. The Hall–Kier alpha value is -1.52. The molecule has 0 aromatic carbocycles. The van der Waals surface area contributed by atoms with Gasteiger partial charge in [-0.15, -0.1) is 0 Å². The number of hydrogen-bond donors (Lipinski definition) is 3. The van der Waals surface area contributed by atoms with Crippen molar-refractivity contribution in [3.8, 4) is 0 Å². The maximum absolute atomic E-state index is 12.7. The van der Waals surface area contributed by atoms with Gasteiger partial charge in [0.25, 0.3) is 0 Å². The summed E-state index contributed by atoms with van der Waals surface area (Å²) in [7, 11) is 0. The summed E-state index contributed by atoms with van der Waals surface area (Å²) < 4.78 is 23.5. The van der Waals surface area contributed by atoms with Gasteiger partial charge in [-0.05, 0) is 33.3 Å². The van der Waals surface area contributed by atoms with E-state index in [2.05, 4.69) is 0 Å². The van der Waals surface area contributed by atoms with Gasteiger partial charge in [-0.2, -0.15) is 0 Å². The molecule has 3 heterocycles. The van der Waals surface area contributed by atoms with E-state index in [1.54, 1.807) is 26.8 Å². The van der Waals surface area contributed by atoms with Crippen LogP contribution < -0.4 is 0 Å². The standard InChI is InChI=1S/C22H30O9/c1-9-6-11(24)16(26)19(3)12(25)8-13-20(4,30-13)15(19)17(28-10(2)23)22-14(7-9)29-18(27)21(22,5)31-22/h7,11-17,24-26H,6,8H2,1-5H3/t11-,12+,13-,14+,15-,16+,17+,19+,20-,21+,22+/m1/s1. The van der Waals surface area contributed by atoms with Gasteiger partial charge >= 0.3 is 11.9 Å². The van der Waals surface area contributed by atoms with Crippen LogP contribution in [0.15, 0.2) is 11.6 Å². The molecule has 0 amide bonds. The van der Waals surface area contributed by atoms with Crippen molar-refractivity contribution in [2.75, 3.05) is 0 Å². The zero-order chi connectivity index (χ0) is 22.7. The van der Waals surface area contributed by atoms with Crippen LogP contribution in [0.3, 0.4) is 0 Å². The minimum absolute atomic E-state index is 0.121. The summed E-state index contributed by atoms with van der Waals surface area (Å²) in [5, 5.41) is 33.4. The summed E-state index contributed by atoms with van der Waals surface area (Å²) in [6.45, 7) is 8.16. The summed E-state index contributed by atoms with van der Waals surface area (Å²) in [5.41, 5.74) is -4.12. The topological polar surface area (TPSA) is 138 Å². The molecule has 0 bridgehead atoms.